The Morgan fingerprint density at radius 1 is 1.28 bits per heavy atom. The highest BCUT2D eigenvalue weighted by Gasteiger charge is 2.58. The van der Waals surface area contributed by atoms with Crippen molar-refractivity contribution in [1.29, 1.82) is 0 Å². The number of hydrogen-bond acceptors (Lipinski definition) is 5. The number of methoxy groups -OCH3 is 2. The van der Waals surface area contributed by atoms with Crippen molar-refractivity contribution in [1.82, 2.24) is 0 Å². The number of carbonyl (C=O) groups excluding carboxylic acids is 3. The zero-order valence-corrected chi connectivity index (χ0v) is 10.7. The van der Waals surface area contributed by atoms with Crippen LogP contribution in [-0.4, -0.2) is 31.9 Å². The van der Waals surface area contributed by atoms with Gasteiger partial charge in [0, 0.05) is 5.92 Å². The molecule has 2 rings (SSSR count). The van der Waals surface area contributed by atoms with E-state index in [1.54, 1.807) is 6.08 Å². The van der Waals surface area contributed by atoms with Gasteiger partial charge in [-0.2, -0.15) is 0 Å². The van der Waals surface area contributed by atoms with Gasteiger partial charge in [0.05, 0.1) is 14.2 Å². The zero-order chi connectivity index (χ0) is 13.5. The summed E-state index contributed by atoms with van der Waals surface area (Å²) in [5, 5.41) is 0. The molecule has 0 aliphatic heterocycles. The summed E-state index contributed by atoms with van der Waals surface area (Å²) in [4.78, 5) is 35.4. The van der Waals surface area contributed by atoms with E-state index >= 15 is 0 Å². The van der Waals surface area contributed by atoms with Crippen molar-refractivity contribution in [2.75, 3.05) is 14.2 Å². The summed E-state index contributed by atoms with van der Waals surface area (Å²) in [5.41, 5.74) is -0.405. The Morgan fingerprint density at radius 2 is 1.83 bits per heavy atom. The first kappa shape index (κ1) is 12.8. The second-order valence-electron chi connectivity index (χ2n) is 4.96. The van der Waals surface area contributed by atoms with E-state index in [1.165, 1.54) is 14.2 Å². The van der Waals surface area contributed by atoms with Crippen molar-refractivity contribution in [2.24, 2.45) is 17.3 Å². The lowest BCUT2D eigenvalue weighted by molar-refractivity contribution is -0.169. The highest BCUT2D eigenvalue weighted by molar-refractivity contribution is 6.03. The summed E-state index contributed by atoms with van der Waals surface area (Å²) < 4.78 is 9.47. The van der Waals surface area contributed by atoms with Crippen LogP contribution in [0.25, 0.3) is 0 Å². The van der Waals surface area contributed by atoms with E-state index < -0.39 is 17.4 Å². The van der Waals surface area contributed by atoms with Crippen molar-refractivity contribution < 1.29 is 23.9 Å². The first-order valence-electron chi connectivity index (χ1n) is 5.87. The van der Waals surface area contributed by atoms with Crippen LogP contribution >= 0.6 is 0 Å². The van der Waals surface area contributed by atoms with Crippen LogP contribution in [0.5, 0.6) is 0 Å². The molecule has 0 amide bonds. The third-order valence-electron chi connectivity index (χ3n) is 4.08. The summed E-state index contributed by atoms with van der Waals surface area (Å²) in [5.74, 6) is -1.31. The molecule has 0 N–H and O–H groups in total. The Balaban J connectivity index is 2.37. The van der Waals surface area contributed by atoms with Crippen LogP contribution in [0.4, 0.5) is 0 Å². The number of ketones is 1. The van der Waals surface area contributed by atoms with Gasteiger partial charge in [-0.25, -0.2) is 0 Å². The average Bonchev–Trinajstić information content (AvgIpc) is 2.86. The third-order valence-corrected chi connectivity index (χ3v) is 4.08. The molecule has 0 aromatic carbocycles. The van der Waals surface area contributed by atoms with Crippen molar-refractivity contribution in [2.45, 2.75) is 19.8 Å². The van der Waals surface area contributed by atoms with Crippen LogP contribution < -0.4 is 0 Å². The number of allylic oxidation sites excluding steroid dienone is 2. The predicted molar refractivity (Wildman–Crippen MR) is 61.4 cm³/mol. The lowest BCUT2D eigenvalue weighted by Crippen LogP contribution is -2.39. The van der Waals surface area contributed by atoms with Gasteiger partial charge < -0.3 is 9.47 Å². The lowest BCUT2D eigenvalue weighted by atomic mass is 9.82. The highest BCUT2D eigenvalue weighted by atomic mass is 16.5. The predicted octanol–water partition coefficient (Wildman–Crippen LogP) is 0.874. The van der Waals surface area contributed by atoms with E-state index in [4.69, 9.17) is 9.47 Å². The van der Waals surface area contributed by atoms with E-state index in [0.29, 0.717) is 6.42 Å². The summed E-state index contributed by atoms with van der Waals surface area (Å²) >= 11 is 0. The van der Waals surface area contributed by atoms with Crippen LogP contribution in [0.3, 0.4) is 0 Å². The molecule has 0 bridgehead atoms. The number of esters is 2. The molecule has 2 aliphatic rings. The fourth-order valence-corrected chi connectivity index (χ4v) is 3.01. The fraction of sp³-hybridized carbons (Fsp3) is 0.615. The maximum atomic E-state index is 11.9. The molecule has 0 unspecified atom stereocenters. The summed E-state index contributed by atoms with van der Waals surface area (Å²) in [6.07, 6.45) is 2.08. The number of hydrogen-bond donors (Lipinski definition) is 0. The van der Waals surface area contributed by atoms with Crippen molar-refractivity contribution in [3.05, 3.63) is 11.6 Å². The van der Waals surface area contributed by atoms with E-state index in [2.05, 4.69) is 0 Å². The Morgan fingerprint density at radius 3 is 2.28 bits per heavy atom. The second-order valence-corrected chi connectivity index (χ2v) is 4.96. The van der Waals surface area contributed by atoms with Crippen LogP contribution in [0, 0.1) is 17.3 Å². The van der Waals surface area contributed by atoms with Gasteiger partial charge in [0.2, 0.25) is 0 Å². The number of ether oxygens (including phenoxy) is 2. The molecular weight excluding hydrogens is 236 g/mol. The molecule has 5 heteroatoms. The quantitative estimate of drug-likeness (QED) is 0.539. The van der Waals surface area contributed by atoms with Gasteiger partial charge in [0.25, 0.3) is 0 Å². The summed E-state index contributed by atoms with van der Waals surface area (Å²) in [6, 6.07) is 0. The minimum Gasteiger partial charge on any atom is -0.468 e. The van der Waals surface area contributed by atoms with Crippen molar-refractivity contribution >= 4 is 17.7 Å². The monoisotopic (exact) mass is 252 g/mol. The lowest BCUT2D eigenvalue weighted by Gasteiger charge is -2.23. The van der Waals surface area contributed by atoms with Gasteiger partial charge in [-0.1, -0.05) is 12.5 Å². The Bertz CT molecular complexity index is 432. The maximum Gasteiger partial charge on any atom is 0.323 e. The molecule has 1 saturated carbocycles. The molecule has 2 atom stereocenters. The minimum atomic E-state index is -1.27. The average molecular weight is 252 g/mol. The van der Waals surface area contributed by atoms with E-state index in [1.807, 2.05) is 6.92 Å². The molecule has 2 aliphatic carbocycles. The van der Waals surface area contributed by atoms with Gasteiger partial charge in [0.15, 0.2) is 11.2 Å². The smallest absolute Gasteiger partial charge is 0.323 e. The first-order valence-corrected chi connectivity index (χ1v) is 5.87. The SMILES string of the molecule is COC(=O)C1(C(=O)OC)CC2=CC(=O)[C@@H](C)[C@@H]2C1. The van der Waals surface area contributed by atoms with Gasteiger partial charge >= 0.3 is 11.9 Å². The third kappa shape index (κ3) is 1.57. The molecule has 0 aromatic heterocycles. The van der Waals surface area contributed by atoms with Gasteiger partial charge in [-0.3, -0.25) is 14.4 Å². The van der Waals surface area contributed by atoms with Crippen LogP contribution in [-0.2, 0) is 23.9 Å². The van der Waals surface area contributed by atoms with Gasteiger partial charge in [-0.15, -0.1) is 0 Å². The van der Waals surface area contributed by atoms with E-state index in [0.717, 1.165) is 5.57 Å². The highest BCUT2D eigenvalue weighted by Crippen LogP contribution is 2.52. The number of carbonyl (C=O) groups is 3. The van der Waals surface area contributed by atoms with Crippen LogP contribution in [0.1, 0.15) is 19.8 Å². The second kappa shape index (κ2) is 4.23. The molecular formula is C13H16O5. The molecule has 0 spiro atoms. The molecule has 18 heavy (non-hydrogen) atoms. The number of fused-ring (bicyclic) bond motifs is 1. The normalized spacial score (nSPS) is 28.6. The van der Waals surface area contributed by atoms with Crippen molar-refractivity contribution in [3.63, 3.8) is 0 Å². The van der Waals surface area contributed by atoms with E-state index in [9.17, 15) is 14.4 Å². The summed E-state index contributed by atoms with van der Waals surface area (Å²) in [6.45, 7) is 1.82. The minimum absolute atomic E-state index is 0.0456. The molecule has 98 valence electrons. The van der Waals surface area contributed by atoms with Crippen molar-refractivity contribution in [3.8, 4) is 0 Å². The van der Waals surface area contributed by atoms with Crippen LogP contribution in [0.15, 0.2) is 11.6 Å². The largest absolute Gasteiger partial charge is 0.468 e. The number of rotatable bonds is 2. The molecule has 0 radical (unpaired) electrons. The zero-order valence-electron chi connectivity index (χ0n) is 10.7. The summed E-state index contributed by atoms with van der Waals surface area (Å²) in [7, 11) is 2.51. The molecule has 0 aromatic rings. The molecule has 5 nitrogen and oxygen atoms in total. The van der Waals surface area contributed by atoms with Crippen LogP contribution in [0.2, 0.25) is 0 Å². The Hall–Kier alpha value is -1.65. The molecule has 0 heterocycles. The maximum absolute atomic E-state index is 11.9. The topological polar surface area (TPSA) is 69.7 Å². The molecule has 0 saturated heterocycles. The molecule has 1 fully saturated rings. The fourth-order valence-electron chi connectivity index (χ4n) is 3.01. The standard InChI is InChI=1S/C13H16O5/c1-7-9-6-13(11(15)17-2,12(16)18-3)5-8(9)4-10(7)14/h4,7,9H,5-6H2,1-3H3/t7-,9-/m0/s1. The Labute approximate surface area is 105 Å². The first-order chi connectivity index (χ1) is 8.46. The van der Waals surface area contributed by atoms with Gasteiger partial charge in [0.1, 0.15) is 0 Å². The Kier molecular flexibility index (Phi) is 3.00. The van der Waals surface area contributed by atoms with E-state index in [-0.39, 0.29) is 24.0 Å². The van der Waals surface area contributed by atoms with Gasteiger partial charge in [-0.05, 0) is 24.8 Å².